The van der Waals surface area contributed by atoms with Gasteiger partial charge in [-0.25, -0.2) is 9.97 Å². The van der Waals surface area contributed by atoms with E-state index in [9.17, 15) is 0 Å². The van der Waals surface area contributed by atoms with Crippen LogP contribution in [0.3, 0.4) is 0 Å². The first-order valence-corrected chi connectivity index (χ1v) is 16.7. The van der Waals surface area contributed by atoms with Gasteiger partial charge in [-0.15, -0.1) is 0 Å². The highest BCUT2D eigenvalue weighted by molar-refractivity contribution is 6.13. The Labute approximate surface area is 287 Å². The number of benzene rings is 7. The van der Waals surface area contributed by atoms with Crippen LogP contribution < -0.4 is 0 Å². The topological polar surface area (TPSA) is 52.1 Å². The molecule has 0 aliphatic rings. The summed E-state index contributed by atoms with van der Waals surface area (Å²) in [7, 11) is 0. The third-order valence-electron chi connectivity index (χ3n) is 9.50. The molecule has 0 amide bonds. The second-order valence-electron chi connectivity index (χ2n) is 12.6. The molecule has 0 aliphatic heterocycles. The predicted octanol–water partition coefficient (Wildman–Crippen LogP) is 12.6. The van der Waals surface area contributed by atoms with Gasteiger partial charge in [0.2, 0.25) is 0 Å². The first-order valence-electron chi connectivity index (χ1n) is 16.7. The largest absolute Gasteiger partial charge is 0.455 e. The Morgan fingerprint density at radius 1 is 0.340 bits per heavy atom. The molecule has 0 fully saturated rings. The third-order valence-corrected chi connectivity index (χ3v) is 9.50. The lowest BCUT2D eigenvalue weighted by Gasteiger charge is -2.10. The Morgan fingerprint density at radius 3 is 1.52 bits per heavy atom. The molecule has 0 aliphatic carbocycles. The second-order valence-corrected chi connectivity index (χ2v) is 12.6. The molecule has 0 N–H and O–H groups in total. The van der Waals surface area contributed by atoms with Gasteiger partial charge in [-0.1, -0.05) is 127 Å². The molecule has 0 saturated heterocycles. The van der Waals surface area contributed by atoms with E-state index < -0.39 is 0 Å². The van der Waals surface area contributed by atoms with Gasteiger partial charge in [0.1, 0.15) is 28.0 Å². The van der Waals surface area contributed by atoms with E-state index in [1.807, 2.05) is 42.5 Å². The van der Waals surface area contributed by atoms with Crippen molar-refractivity contribution in [2.24, 2.45) is 0 Å². The van der Waals surface area contributed by atoms with Crippen LogP contribution in [0.25, 0.3) is 100 Å². The zero-order valence-electron chi connectivity index (χ0n) is 26.9. The molecule has 4 nitrogen and oxygen atoms in total. The van der Waals surface area contributed by atoms with Crippen molar-refractivity contribution in [3.63, 3.8) is 0 Å². The lowest BCUT2D eigenvalue weighted by Crippen LogP contribution is -1.94. The van der Waals surface area contributed by atoms with Crippen LogP contribution in [0.5, 0.6) is 0 Å². The van der Waals surface area contributed by atoms with Crippen molar-refractivity contribution in [3.8, 4) is 56.0 Å². The van der Waals surface area contributed by atoms with E-state index >= 15 is 0 Å². The number of para-hydroxylation sites is 3. The van der Waals surface area contributed by atoms with Crippen LogP contribution in [0, 0.1) is 0 Å². The lowest BCUT2D eigenvalue weighted by molar-refractivity contribution is 0.663. The van der Waals surface area contributed by atoms with Gasteiger partial charge >= 0.3 is 0 Å². The van der Waals surface area contributed by atoms with Crippen molar-refractivity contribution in [3.05, 3.63) is 170 Å². The van der Waals surface area contributed by atoms with Gasteiger partial charge in [-0.3, -0.25) is 0 Å². The van der Waals surface area contributed by atoms with Crippen molar-refractivity contribution in [1.82, 2.24) is 9.97 Å². The highest BCUT2D eigenvalue weighted by atomic mass is 16.3. The molecule has 0 radical (unpaired) electrons. The standard InChI is InChI=1S/C46H28N2O2/c1-2-12-29(13-3-1)30-14-8-15-31(26-30)32-16-9-17-33(27-32)34-18-10-19-35(28-34)46-47-42-38-21-5-7-25-41(38)50-45(42)43(48-46)39-23-11-22-37-36-20-4-6-24-40(36)49-44(37)39/h1-28H. The maximum Gasteiger partial charge on any atom is 0.180 e. The minimum atomic E-state index is 0.626. The molecule has 3 aromatic heterocycles. The smallest absolute Gasteiger partial charge is 0.180 e. The number of hydrogen-bond acceptors (Lipinski definition) is 4. The Morgan fingerprint density at radius 2 is 0.820 bits per heavy atom. The first-order chi connectivity index (χ1) is 24.8. The van der Waals surface area contributed by atoms with Crippen molar-refractivity contribution in [2.75, 3.05) is 0 Å². The molecular weight excluding hydrogens is 613 g/mol. The Hall–Kier alpha value is -6.78. The Bertz CT molecular complexity index is 2880. The molecule has 0 unspecified atom stereocenters. The van der Waals surface area contributed by atoms with Crippen molar-refractivity contribution in [1.29, 1.82) is 0 Å². The van der Waals surface area contributed by atoms with E-state index in [4.69, 9.17) is 18.8 Å². The summed E-state index contributed by atoms with van der Waals surface area (Å²) < 4.78 is 12.9. The van der Waals surface area contributed by atoms with Crippen LogP contribution in [0.4, 0.5) is 0 Å². The molecular formula is C46H28N2O2. The summed E-state index contributed by atoms with van der Waals surface area (Å²) in [5, 5.41) is 3.06. The van der Waals surface area contributed by atoms with E-state index in [2.05, 4.69) is 127 Å². The highest BCUT2D eigenvalue weighted by Gasteiger charge is 2.21. The summed E-state index contributed by atoms with van der Waals surface area (Å²) in [6, 6.07) is 58.7. The van der Waals surface area contributed by atoms with Crippen LogP contribution in [0.2, 0.25) is 0 Å². The van der Waals surface area contributed by atoms with Gasteiger partial charge < -0.3 is 8.83 Å². The Balaban J connectivity index is 1.11. The zero-order chi connectivity index (χ0) is 33.0. The summed E-state index contributed by atoms with van der Waals surface area (Å²) in [5.41, 5.74) is 13.3. The fourth-order valence-corrected chi connectivity index (χ4v) is 7.06. The quantitative estimate of drug-likeness (QED) is 0.188. The summed E-state index contributed by atoms with van der Waals surface area (Å²) in [6.07, 6.45) is 0. The summed E-state index contributed by atoms with van der Waals surface area (Å²) in [6.45, 7) is 0. The van der Waals surface area contributed by atoms with Gasteiger partial charge in [0.05, 0.1) is 0 Å². The van der Waals surface area contributed by atoms with Crippen molar-refractivity contribution >= 4 is 44.0 Å². The molecule has 0 atom stereocenters. The molecule has 0 spiro atoms. The highest BCUT2D eigenvalue weighted by Crippen LogP contribution is 2.41. The molecule has 50 heavy (non-hydrogen) atoms. The maximum absolute atomic E-state index is 6.47. The number of rotatable bonds is 5. The van der Waals surface area contributed by atoms with Gasteiger partial charge in [0, 0.05) is 27.3 Å². The van der Waals surface area contributed by atoms with Crippen LogP contribution >= 0.6 is 0 Å². The predicted molar refractivity (Wildman–Crippen MR) is 204 cm³/mol. The molecule has 10 aromatic rings. The van der Waals surface area contributed by atoms with E-state index in [-0.39, 0.29) is 0 Å². The number of furan rings is 2. The summed E-state index contributed by atoms with van der Waals surface area (Å²) in [4.78, 5) is 10.4. The van der Waals surface area contributed by atoms with Gasteiger partial charge in [-0.2, -0.15) is 0 Å². The summed E-state index contributed by atoms with van der Waals surface area (Å²) >= 11 is 0. The molecule has 10 rings (SSSR count). The summed E-state index contributed by atoms with van der Waals surface area (Å²) in [5.74, 6) is 0.626. The average Bonchev–Trinajstić information content (AvgIpc) is 3.77. The second kappa shape index (κ2) is 11.4. The van der Waals surface area contributed by atoms with Crippen LogP contribution in [0.1, 0.15) is 0 Å². The maximum atomic E-state index is 6.47. The zero-order valence-corrected chi connectivity index (χ0v) is 26.9. The minimum absolute atomic E-state index is 0.626. The molecule has 0 bridgehead atoms. The number of nitrogens with zero attached hydrogens (tertiary/aromatic N) is 2. The fraction of sp³-hybridized carbons (Fsp3) is 0. The lowest BCUT2D eigenvalue weighted by atomic mass is 9.95. The monoisotopic (exact) mass is 640 g/mol. The normalized spacial score (nSPS) is 11.6. The van der Waals surface area contributed by atoms with Crippen molar-refractivity contribution in [2.45, 2.75) is 0 Å². The van der Waals surface area contributed by atoms with Crippen LogP contribution in [-0.2, 0) is 0 Å². The van der Waals surface area contributed by atoms with Crippen molar-refractivity contribution < 1.29 is 8.83 Å². The van der Waals surface area contributed by atoms with Crippen LogP contribution in [-0.4, -0.2) is 9.97 Å². The number of aromatic nitrogens is 2. The molecule has 7 aromatic carbocycles. The number of hydrogen-bond donors (Lipinski definition) is 0. The van der Waals surface area contributed by atoms with Gasteiger partial charge in [0.15, 0.2) is 11.4 Å². The van der Waals surface area contributed by atoms with E-state index in [1.165, 1.54) is 16.7 Å². The van der Waals surface area contributed by atoms with Gasteiger partial charge in [0.25, 0.3) is 0 Å². The van der Waals surface area contributed by atoms with E-state index in [0.29, 0.717) is 17.1 Å². The molecule has 4 heteroatoms. The minimum Gasteiger partial charge on any atom is -0.455 e. The first kappa shape index (κ1) is 28.3. The van der Waals surface area contributed by atoms with Gasteiger partial charge in [-0.05, 0) is 75.8 Å². The average molecular weight is 641 g/mol. The SMILES string of the molecule is c1ccc(-c2cccc(-c3cccc(-c4cccc(-c5nc(-c6cccc7c6oc6ccccc67)c6oc7ccccc7c6n5)c4)c3)c2)cc1. The molecule has 234 valence electrons. The Kier molecular flexibility index (Phi) is 6.46. The fourth-order valence-electron chi connectivity index (χ4n) is 7.06. The number of fused-ring (bicyclic) bond motifs is 6. The molecule has 0 saturated carbocycles. The van der Waals surface area contributed by atoms with E-state index in [0.717, 1.165) is 66.2 Å². The van der Waals surface area contributed by atoms with E-state index in [1.54, 1.807) is 0 Å². The van der Waals surface area contributed by atoms with Crippen LogP contribution in [0.15, 0.2) is 179 Å². The third kappa shape index (κ3) is 4.69. The molecule has 3 heterocycles.